The highest BCUT2D eigenvalue weighted by Crippen LogP contribution is 2.19. The summed E-state index contributed by atoms with van der Waals surface area (Å²) in [7, 11) is 0. The highest BCUT2D eigenvalue weighted by molar-refractivity contribution is 7.99. The molecule has 1 fully saturated rings. The summed E-state index contributed by atoms with van der Waals surface area (Å²) in [5.41, 5.74) is 1.16. The molecule has 2 rings (SSSR count). The van der Waals surface area contributed by atoms with E-state index >= 15 is 0 Å². The predicted octanol–water partition coefficient (Wildman–Crippen LogP) is 2.09. The molecule has 0 amide bonds. The van der Waals surface area contributed by atoms with E-state index < -0.39 is 0 Å². The fourth-order valence-electron chi connectivity index (χ4n) is 1.59. The van der Waals surface area contributed by atoms with Crippen molar-refractivity contribution in [3.63, 3.8) is 0 Å². The molecule has 14 heavy (non-hydrogen) atoms. The lowest BCUT2D eigenvalue weighted by Crippen LogP contribution is -2.25. The van der Waals surface area contributed by atoms with E-state index in [9.17, 15) is 0 Å². The lowest BCUT2D eigenvalue weighted by atomic mass is 10.1. The first kappa shape index (κ1) is 9.77. The minimum atomic E-state index is 0.590. The van der Waals surface area contributed by atoms with Gasteiger partial charge in [-0.25, -0.2) is 0 Å². The van der Waals surface area contributed by atoms with Crippen molar-refractivity contribution in [2.24, 2.45) is 0 Å². The van der Waals surface area contributed by atoms with Crippen LogP contribution in [0.15, 0.2) is 12.3 Å². The average molecular weight is 209 g/mol. The summed E-state index contributed by atoms with van der Waals surface area (Å²) in [4.78, 5) is 0. The van der Waals surface area contributed by atoms with Crippen molar-refractivity contribution in [1.82, 2.24) is 10.2 Å². The van der Waals surface area contributed by atoms with Gasteiger partial charge in [0, 0.05) is 6.04 Å². The molecule has 1 aromatic heterocycles. The minimum absolute atomic E-state index is 0.590. The fraction of sp³-hybridized carbons (Fsp3) is 0.600. The summed E-state index contributed by atoms with van der Waals surface area (Å²) < 4.78 is 0. The van der Waals surface area contributed by atoms with Gasteiger partial charge in [0.05, 0.1) is 6.20 Å². The number of hydrogen-bond donors (Lipinski definition) is 1. The standard InChI is InChI=1S/C10H15N3S/c1-8-6-10(13-11-7-8)12-9-2-4-14-5-3-9/h6-7,9H,2-5H2,1H3,(H,12,13). The second-order valence-corrected chi connectivity index (χ2v) is 4.87. The first-order valence-electron chi connectivity index (χ1n) is 4.98. The van der Waals surface area contributed by atoms with Gasteiger partial charge >= 0.3 is 0 Å². The zero-order chi connectivity index (χ0) is 9.80. The van der Waals surface area contributed by atoms with E-state index in [-0.39, 0.29) is 0 Å². The van der Waals surface area contributed by atoms with Crippen molar-refractivity contribution >= 4 is 17.6 Å². The van der Waals surface area contributed by atoms with Crippen LogP contribution in [-0.2, 0) is 0 Å². The Labute approximate surface area is 88.7 Å². The molecule has 2 heterocycles. The molecule has 1 aliphatic heterocycles. The Hall–Kier alpha value is -0.770. The molecule has 0 spiro atoms. The summed E-state index contributed by atoms with van der Waals surface area (Å²) in [5, 5.41) is 11.4. The van der Waals surface area contributed by atoms with Crippen LogP contribution in [0.2, 0.25) is 0 Å². The summed E-state index contributed by atoms with van der Waals surface area (Å²) in [6.45, 7) is 2.04. The Morgan fingerprint density at radius 3 is 2.93 bits per heavy atom. The number of nitrogens with zero attached hydrogens (tertiary/aromatic N) is 2. The van der Waals surface area contributed by atoms with E-state index in [0.717, 1.165) is 11.4 Å². The molecule has 1 N–H and O–H groups in total. The number of hydrogen-bond acceptors (Lipinski definition) is 4. The quantitative estimate of drug-likeness (QED) is 0.809. The van der Waals surface area contributed by atoms with Gasteiger partial charge in [0.15, 0.2) is 0 Å². The predicted molar refractivity (Wildman–Crippen MR) is 60.7 cm³/mol. The molecule has 76 valence electrons. The summed E-state index contributed by atoms with van der Waals surface area (Å²) in [5.74, 6) is 3.44. The van der Waals surface area contributed by atoms with Gasteiger partial charge in [-0.15, -0.1) is 5.10 Å². The maximum atomic E-state index is 4.07. The van der Waals surface area contributed by atoms with Gasteiger partial charge in [-0.05, 0) is 42.9 Å². The number of rotatable bonds is 2. The maximum absolute atomic E-state index is 4.07. The molecule has 0 unspecified atom stereocenters. The monoisotopic (exact) mass is 209 g/mol. The number of anilines is 1. The molecule has 1 aromatic rings. The average Bonchev–Trinajstić information content (AvgIpc) is 2.19. The summed E-state index contributed by atoms with van der Waals surface area (Å²) in [6.07, 6.45) is 4.25. The van der Waals surface area contributed by atoms with E-state index in [2.05, 4.69) is 21.6 Å². The number of nitrogens with one attached hydrogen (secondary N) is 1. The van der Waals surface area contributed by atoms with Gasteiger partial charge in [0.25, 0.3) is 0 Å². The topological polar surface area (TPSA) is 37.8 Å². The van der Waals surface area contributed by atoms with E-state index in [1.165, 1.54) is 24.3 Å². The SMILES string of the molecule is Cc1cnnc(NC2CCSCC2)c1. The first-order chi connectivity index (χ1) is 6.84. The lowest BCUT2D eigenvalue weighted by molar-refractivity contribution is 0.661. The summed E-state index contributed by atoms with van der Waals surface area (Å²) in [6, 6.07) is 2.64. The lowest BCUT2D eigenvalue weighted by Gasteiger charge is -2.22. The molecule has 4 heteroatoms. The Bertz CT molecular complexity index is 297. The van der Waals surface area contributed by atoms with Crippen LogP contribution in [0.25, 0.3) is 0 Å². The normalized spacial score (nSPS) is 18.1. The van der Waals surface area contributed by atoms with Crippen molar-refractivity contribution in [3.05, 3.63) is 17.8 Å². The van der Waals surface area contributed by atoms with Crippen LogP contribution in [0.5, 0.6) is 0 Å². The molecule has 0 aliphatic carbocycles. The van der Waals surface area contributed by atoms with E-state index in [1.807, 2.05) is 18.7 Å². The van der Waals surface area contributed by atoms with Crippen LogP contribution in [0, 0.1) is 6.92 Å². The van der Waals surface area contributed by atoms with Crippen molar-refractivity contribution in [3.8, 4) is 0 Å². The highest BCUT2D eigenvalue weighted by atomic mass is 32.2. The van der Waals surface area contributed by atoms with E-state index in [0.29, 0.717) is 6.04 Å². The van der Waals surface area contributed by atoms with Crippen LogP contribution in [0.3, 0.4) is 0 Å². The van der Waals surface area contributed by atoms with Crippen LogP contribution in [0.1, 0.15) is 18.4 Å². The Kier molecular flexibility index (Phi) is 3.24. The van der Waals surface area contributed by atoms with Crippen molar-refractivity contribution in [2.45, 2.75) is 25.8 Å². The Balaban J connectivity index is 1.95. The van der Waals surface area contributed by atoms with Crippen LogP contribution in [0.4, 0.5) is 5.82 Å². The van der Waals surface area contributed by atoms with E-state index in [1.54, 1.807) is 6.20 Å². The van der Waals surface area contributed by atoms with Gasteiger partial charge in [-0.3, -0.25) is 0 Å². The van der Waals surface area contributed by atoms with E-state index in [4.69, 9.17) is 0 Å². The van der Waals surface area contributed by atoms with Crippen molar-refractivity contribution in [1.29, 1.82) is 0 Å². The maximum Gasteiger partial charge on any atom is 0.149 e. The molecule has 0 radical (unpaired) electrons. The van der Waals surface area contributed by atoms with Gasteiger partial charge < -0.3 is 5.32 Å². The fourth-order valence-corrected chi connectivity index (χ4v) is 2.69. The van der Waals surface area contributed by atoms with Crippen LogP contribution in [-0.4, -0.2) is 27.7 Å². The third-order valence-electron chi connectivity index (χ3n) is 2.36. The molecular weight excluding hydrogens is 194 g/mol. The second-order valence-electron chi connectivity index (χ2n) is 3.65. The molecule has 0 bridgehead atoms. The van der Waals surface area contributed by atoms with Crippen LogP contribution < -0.4 is 5.32 Å². The highest BCUT2D eigenvalue weighted by Gasteiger charge is 2.13. The third-order valence-corrected chi connectivity index (χ3v) is 3.41. The molecule has 0 atom stereocenters. The molecule has 0 aromatic carbocycles. The molecule has 1 saturated heterocycles. The largest absolute Gasteiger partial charge is 0.366 e. The number of thioether (sulfide) groups is 1. The van der Waals surface area contributed by atoms with Gasteiger partial charge in [0.2, 0.25) is 0 Å². The Morgan fingerprint density at radius 2 is 2.21 bits per heavy atom. The number of aromatic nitrogens is 2. The zero-order valence-electron chi connectivity index (χ0n) is 8.36. The second kappa shape index (κ2) is 4.64. The molecule has 1 aliphatic rings. The number of aryl methyl sites for hydroxylation is 1. The molecular formula is C10H15N3S. The molecule has 3 nitrogen and oxygen atoms in total. The summed E-state index contributed by atoms with van der Waals surface area (Å²) >= 11 is 2.04. The third kappa shape index (κ3) is 2.61. The van der Waals surface area contributed by atoms with Crippen molar-refractivity contribution < 1.29 is 0 Å². The first-order valence-corrected chi connectivity index (χ1v) is 6.14. The molecule has 0 saturated carbocycles. The van der Waals surface area contributed by atoms with Gasteiger partial charge in [-0.1, -0.05) is 0 Å². The van der Waals surface area contributed by atoms with Gasteiger partial charge in [0.1, 0.15) is 5.82 Å². The Morgan fingerprint density at radius 1 is 1.43 bits per heavy atom. The van der Waals surface area contributed by atoms with Crippen LogP contribution >= 0.6 is 11.8 Å². The van der Waals surface area contributed by atoms with Crippen molar-refractivity contribution in [2.75, 3.05) is 16.8 Å². The minimum Gasteiger partial charge on any atom is -0.366 e. The van der Waals surface area contributed by atoms with Gasteiger partial charge in [-0.2, -0.15) is 16.9 Å². The zero-order valence-corrected chi connectivity index (χ0v) is 9.18. The smallest absolute Gasteiger partial charge is 0.149 e.